The van der Waals surface area contributed by atoms with E-state index >= 15 is 0 Å². The van der Waals surface area contributed by atoms with Crippen molar-refractivity contribution in [3.63, 3.8) is 0 Å². The zero-order valence-electron chi connectivity index (χ0n) is 13.3. The number of epoxide rings is 1. The van der Waals surface area contributed by atoms with Crippen LogP contribution in [0.15, 0.2) is 11.3 Å². The van der Waals surface area contributed by atoms with Crippen LogP contribution in [0, 0.1) is 0 Å². The molecule has 1 aliphatic carbocycles. The Morgan fingerprint density at radius 1 is 1.32 bits per heavy atom. The monoisotopic (exact) mass is 310 g/mol. The summed E-state index contributed by atoms with van der Waals surface area (Å²) in [6.45, 7) is 7.06. The van der Waals surface area contributed by atoms with Gasteiger partial charge in [-0.15, -0.1) is 0 Å². The standard InChI is InChI=1S/C16H22O6/c1-14(2)5-7(17)9-10(18)12-16(13(22-16)11(9)21-14)6-8(20-12)15(3,4)19/h8,10,12-13,18-19H,5-6H2,1-4H3/t8-,10+,12+,13+,16-/m1/s1. The molecule has 22 heavy (non-hydrogen) atoms. The number of hydrogen-bond acceptors (Lipinski definition) is 6. The summed E-state index contributed by atoms with van der Waals surface area (Å²) >= 11 is 0. The molecule has 4 aliphatic rings. The molecular formula is C16H22O6. The summed E-state index contributed by atoms with van der Waals surface area (Å²) < 4.78 is 17.7. The van der Waals surface area contributed by atoms with E-state index < -0.39 is 35.1 Å². The van der Waals surface area contributed by atoms with Crippen LogP contribution >= 0.6 is 0 Å². The smallest absolute Gasteiger partial charge is 0.169 e. The van der Waals surface area contributed by atoms with E-state index in [1.807, 2.05) is 13.8 Å². The van der Waals surface area contributed by atoms with Crippen LogP contribution in [0.25, 0.3) is 0 Å². The Balaban J connectivity index is 1.72. The van der Waals surface area contributed by atoms with Crippen LogP contribution in [0.5, 0.6) is 0 Å². The van der Waals surface area contributed by atoms with Crippen molar-refractivity contribution in [1.29, 1.82) is 0 Å². The van der Waals surface area contributed by atoms with Gasteiger partial charge in [0.05, 0.1) is 23.7 Å². The molecule has 0 aromatic rings. The van der Waals surface area contributed by atoms with E-state index in [1.54, 1.807) is 13.8 Å². The van der Waals surface area contributed by atoms with E-state index in [0.717, 1.165) is 0 Å². The molecule has 3 aliphatic heterocycles. The fraction of sp³-hybridized carbons (Fsp3) is 0.812. The second kappa shape index (κ2) is 3.93. The quantitative estimate of drug-likeness (QED) is 0.684. The number of hydrogen-bond donors (Lipinski definition) is 2. The molecule has 6 heteroatoms. The summed E-state index contributed by atoms with van der Waals surface area (Å²) in [6, 6.07) is 0. The molecule has 2 N–H and O–H groups in total. The fourth-order valence-corrected chi connectivity index (χ4v) is 4.00. The molecule has 0 aromatic heterocycles. The normalized spacial score (nSPS) is 45.8. The van der Waals surface area contributed by atoms with Crippen molar-refractivity contribution in [3.8, 4) is 0 Å². The summed E-state index contributed by atoms with van der Waals surface area (Å²) in [6.07, 6.45) is -1.78. The second-order valence-electron chi connectivity index (χ2n) is 8.04. The molecule has 0 radical (unpaired) electrons. The van der Waals surface area contributed by atoms with Crippen molar-refractivity contribution in [1.82, 2.24) is 0 Å². The lowest BCUT2D eigenvalue weighted by molar-refractivity contribution is -0.131. The molecule has 5 atom stereocenters. The van der Waals surface area contributed by atoms with E-state index in [2.05, 4.69) is 0 Å². The molecule has 2 fully saturated rings. The predicted molar refractivity (Wildman–Crippen MR) is 75.0 cm³/mol. The Kier molecular flexibility index (Phi) is 2.61. The van der Waals surface area contributed by atoms with Gasteiger partial charge in [-0.2, -0.15) is 0 Å². The summed E-state index contributed by atoms with van der Waals surface area (Å²) in [4.78, 5) is 12.4. The Hall–Kier alpha value is -0.950. The topological polar surface area (TPSA) is 88.5 Å². The number of carbonyl (C=O) groups excluding carboxylic acids is 1. The van der Waals surface area contributed by atoms with Crippen LogP contribution in [0.3, 0.4) is 0 Å². The van der Waals surface area contributed by atoms with Gasteiger partial charge in [-0.3, -0.25) is 4.79 Å². The number of aliphatic hydroxyl groups is 2. The molecule has 3 heterocycles. The summed E-state index contributed by atoms with van der Waals surface area (Å²) in [5, 5.41) is 20.8. The van der Waals surface area contributed by atoms with E-state index in [0.29, 0.717) is 17.8 Å². The van der Waals surface area contributed by atoms with Crippen molar-refractivity contribution in [2.75, 3.05) is 0 Å². The van der Waals surface area contributed by atoms with E-state index in [1.165, 1.54) is 0 Å². The molecule has 0 bridgehead atoms. The molecule has 4 rings (SSSR count). The van der Waals surface area contributed by atoms with Gasteiger partial charge >= 0.3 is 0 Å². The van der Waals surface area contributed by atoms with Gasteiger partial charge in [0.15, 0.2) is 5.78 Å². The van der Waals surface area contributed by atoms with Gasteiger partial charge in [-0.25, -0.2) is 0 Å². The molecule has 0 aromatic carbocycles. The summed E-state index contributed by atoms with van der Waals surface area (Å²) in [5.41, 5.74) is -2.01. The first-order valence-electron chi connectivity index (χ1n) is 7.75. The zero-order chi connectivity index (χ0) is 16.1. The molecule has 1 spiro atoms. The van der Waals surface area contributed by atoms with E-state index in [-0.39, 0.29) is 18.3 Å². The minimum Gasteiger partial charge on any atom is -0.488 e. The average molecular weight is 310 g/mol. The third-order valence-electron chi connectivity index (χ3n) is 5.17. The number of rotatable bonds is 1. The number of fused-ring (bicyclic) bond motifs is 1. The predicted octanol–water partition coefficient (Wildman–Crippen LogP) is 0.449. The van der Waals surface area contributed by atoms with Gasteiger partial charge in [0, 0.05) is 6.42 Å². The second-order valence-corrected chi connectivity index (χ2v) is 8.04. The number of Topliss-reactive ketones (excluding diaryl/α,β-unsaturated/α-hetero) is 1. The minimum absolute atomic E-state index is 0.113. The highest BCUT2D eigenvalue weighted by Crippen LogP contribution is 2.60. The van der Waals surface area contributed by atoms with Crippen LogP contribution < -0.4 is 0 Å². The highest BCUT2D eigenvalue weighted by Gasteiger charge is 2.75. The minimum atomic E-state index is -1.07. The van der Waals surface area contributed by atoms with Crippen molar-refractivity contribution in [3.05, 3.63) is 11.3 Å². The lowest BCUT2D eigenvalue weighted by atomic mass is 9.77. The van der Waals surface area contributed by atoms with Crippen LogP contribution in [0.1, 0.15) is 40.5 Å². The van der Waals surface area contributed by atoms with Crippen LogP contribution in [-0.4, -0.2) is 57.2 Å². The highest BCUT2D eigenvalue weighted by atomic mass is 16.7. The Labute approximate surface area is 129 Å². The number of ketones is 1. The first-order valence-corrected chi connectivity index (χ1v) is 7.75. The third kappa shape index (κ3) is 1.78. The van der Waals surface area contributed by atoms with Crippen LogP contribution in [0.4, 0.5) is 0 Å². The number of carbonyl (C=O) groups is 1. The van der Waals surface area contributed by atoms with Crippen molar-refractivity contribution < 1.29 is 29.2 Å². The molecule has 122 valence electrons. The molecule has 2 saturated heterocycles. The Morgan fingerprint density at radius 2 is 2.00 bits per heavy atom. The van der Waals surface area contributed by atoms with Gasteiger partial charge in [-0.1, -0.05) is 0 Å². The lowest BCUT2D eigenvalue weighted by Crippen LogP contribution is -2.50. The highest BCUT2D eigenvalue weighted by molar-refractivity contribution is 5.99. The Morgan fingerprint density at radius 3 is 2.64 bits per heavy atom. The molecule has 0 unspecified atom stereocenters. The SMILES string of the molecule is CC1(C)CC(=O)C2=C(O1)[C@@H]1O[C@@]13C[C@H](C(C)(C)O)O[C@H]3[C@H]2O. The van der Waals surface area contributed by atoms with Crippen molar-refractivity contribution in [2.24, 2.45) is 0 Å². The molecule has 0 saturated carbocycles. The van der Waals surface area contributed by atoms with Crippen LogP contribution in [0.2, 0.25) is 0 Å². The van der Waals surface area contributed by atoms with E-state index in [4.69, 9.17) is 14.2 Å². The van der Waals surface area contributed by atoms with Gasteiger partial charge < -0.3 is 24.4 Å². The molecular weight excluding hydrogens is 288 g/mol. The maximum Gasteiger partial charge on any atom is 0.169 e. The maximum absolute atomic E-state index is 12.4. The summed E-state index contributed by atoms with van der Waals surface area (Å²) in [5.74, 6) is 0.350. The first-order chi connectivity index (χ1) is 10.1. The van der Waals surface area contributed by atoms with Crippen molar-refractivity contribution in [2.45, 2.75) is 81.8 Å². The number of aliphatic hydroxyl groups excluding tert-OH is 1. The van der Waals surface area contributed by atoms with Gasteiger partial charge in [0.2, 0.25) is 0 Å². The maximum atomic E-state index is 12.4. The fourth-order valence-electron chi connectivity index (χ4n) is 4.00. The van der Waals surface area contributed by atoms with E-state index in [9.17, 15) is 15.0 Å². The third-order valence-corrected chi connectivity index (χ3v) is 5.17. The van der Waals surface area contributed by atoms with Crippen molar-refractivity contribution >= 4 is 5.78 Å². The first kappa shape index (κ1) is 14.6. The van der Waals surface area contributed by atoms with Crippen LogP contribution in [-0.2, 0) is 19.0 Å². The average Bonchev–Trinajstić information content (AvgIpc) is 2.89. The zero-order valence-corrected chi connectivity index (χ0v) is 13.3. The van der Waals surface area contributed by atoms with Gasteiger partial charge in [0.25, 0.3) is 0 Å². The number of ether oxygens (including phenoxy) is 3. The molecule has 6 nitrogen and oxygen atoms in total. The lowest BCUT2D eigenvalue weighted by Gasteiger charge is -2.38. The van der Waals surface area contributed by atoms with Gasteiger partial charge in [-0.05, 0) is 27.7 Å². The Bertz CT molecular complexity index is 586. The van der Waals surface area contributed by atoms with Gasteiger partial charge in [0.1, 0.15) is 35.3 Å². The molecule has 0 amide bonds. The largest absolute Gasteiger partial charge is 0.488 e. The summed E-state index contributed by atoms with van der Waals surface area (Å²) in [7, 11) is 0.